The van der Waals surface area contributed by atoms with Crippen molar-refractivity contribution < 1.29 is 27.1 Å². The Morgan fingerprint density at radius 2 is 1.71 bits per heavy atom. The number of carbonyl (C=O) groups excluding carboxylic acids is 1. The van der Waals surface area contributed by atoms with Crippen LogP contribution in [0.4, 0.5) is 10.1 Å². The molecular formula is C23H19FN4O6S. The van der Waals surface area contributed by atoms with Crippen molar-refractivity contribution >= 4 is 32.6 Å². The van der Waals surface area contributed by atoms with Gasteiger partial charge in [-0.25, -0.2) is 17.6 Å². The molecule has 0 amide bonds. The molecular weight excluding hydrogens is 479 g/mol. The zero-order valence-corrected chi connectivity index (χ0v) is 19.2. The maximum absolute atomic E-state index is 13.1. The summed E-state index contributed by atoms with van der Waals surface area (Å²) in [7, 11) is -2.52. The van der Waals surface area contributed by atoms with Crippen LogP contribution in [-0.4, -0.2) is 43.0 Å². The largest absolute Gasteiger partial charge is 0.482 e. The lowest BCUT2D eigenvalue weighted by atomic mass is 10.2. The Morgan fingerprint density at radius 3 is 2.43 bits per heavy atom. The zero-order valence-electron chi connectivity index (χ0n) is 18.4. The number of benzene rings is 3. The van der Waals surface area contributed by atoms with Gasteiger partial charge in [0, 0.05) is 7.05 Å². The number of halogens is 1. The van der Waals surface area contributed by atoms with Gasteiger partial charge in [-0.15, -0.1) is 5.10 Å². The molecule has 0 saturated carbocycles. The van der Waals surface area contributed by atoms with Crippen molar-refractivity contribution in [2.75, 3.05) is 18.0 Å². The Kier molecular flexibility index (Phi) is 6.73. The Balaban J connectivity index is 1.33. The molecule has 0 aliphatic carbocycles. The summed E-state index contributed by atoms with van der Waals surface area (Å²) in [5.41, 5.74) is 0.320. The molecule has 0 saturated heterocycles. The summed E-state index contributed by atoms with van der Waals surface area (Å²) < 4.78 is 50.9. The van der Waals surface area contributed by atoms with Crippen molar-refractivity contribution in [2.45, 2.75) is 11.6 Å². The van der Waals surface area contributed by atoms with Gasteiger partial charge >= 0.3 is 5.97 Å². The highest BCUT2D eigenvalue weighted by Crippen LogP contribution is 2.24. The number of aromatic nitrogens is 3. The van der Waals surface area contributed by atoms with Gasteiger partial charge < -0.3 is 9.47 Å². The molecule has 4 aromatic rings. The summed E-state index contributed by atoms with van der Waals surface area (Å²) in [6.07, 6.45) is 0. The van der Waals surface area contributed by atoms with Crippen LogP contribution < -0.4 is 14.6 Å². The number of carbonyl (C=O) groups is 1. The predicted octanol–water partition coefficient (Wildman–Crippen LogP) is 2.34. The predicted molar refractivity (Wildman–Crippen MR) is 124 cm³/mol. The Morgan fingerprint density at radius 1 is 1.03 bits per heavy atom. The molecule has 0 aliphatic heterocycles. The van der Waals surface area contributed by atoms with Gasteiger partial charge in [-0.05, 0) is 60.7 Å². The van der Waals surface area contributed by atoms with E-state index in [1.807, 2.05) is 0 Å². The maximum atomic E-state index is 13.1. The van der Waals surface area contributed by atoms with Crippen LogP contribution in [0.5, 0.6) is 5.75 Å². The number of rotatable bonds is 8. The van der Waals surface area contributed by atoms with Gasteiger partial charge in [0.05, 0.1) is 16.0 Å². The van der Waals surface area contributed by atoms with Gasteiger partial charge in [0.2, 0.25) is 0 Å². The van der Waals surface area contributed by atoms with Gasteiger partial charge in [0.25, 0.3) is 15.6 Å². The van der Waals surface area contributed by atoms with E-state index in [1.165, 1.54) is 43.4 Å². The Labute approximate surface area is 199 Å². The minimum atomic E-state index is -3.89. The van der Waals surface area contributed by atoms with Crippen LogP contribution >= 0.6 is 0 Å². The van der Waals surface area contributed by atoms with E-state index < -0.39 is 40.7 Å². The first-order valence-electron chi connectivity index (χ1n) is 10.2. The zero-order chi connectivity index (χ0) is 25.0. The highest BCUT2D eigenvalue weighted by atomic mass is 32.2. The average Bonchev–Trinajstić information content (AvgIpc) is 2.87. The molecule has 1 aromatic heterocycles. The summed E-state index contributed by atoms with van der Waals surface area (Å²) in [4.78, 5) is 24.3. The molecule has 35 heavy (non-hydrogen) atoms. The second-order valence-corrected chi connectivity index (χ2v) is 9.24. The molecule has 0 radical (unpaired) electrons. The van der Waals surface area contributed by atoms with Crippen LogP contribution in [-0.2, 0) is 26.3 Å². The summed E-state index contributed by atoms with van der Waals surface area (Å²) in [5, 5.41) is 7.98. The van der Waals surface area contributed by atoms with Crippen molar-refractivity contribution in [3.8, 4) is 5.75 Å². The van der Waals surface area contributed by atoms with Gasteiger partial charge in [-0.3, -0.25) is 9.10 Å². The second-order valence-electron chi connectivity index (χ2n) is 7.27. The van der Waals surface area contributed by atoms with Crippen LogP contribution in [0.1, 0.15) is 0 Å². The number of hydrogen-bond acceptors (Lipinski definition) is 8. The summed E-state index contributed by atoms with van der Waals surface area (Å²) >= 11 is 0. The molecule has 12 heteroatoms. The molecule has 1 heterocycles. The third kappa shape index (κ3) is 5.27. The van der Waals surface area contributed by atoms with Gasteiger partial charge in [0.15, 0.2) is 13.3 Å². The molecule has 0 N–H and O–H groups in total. The van der Waals surface area contributed by atoms with Gasteiger partial charge in [-0.1, -0.05) is 17.3 Å². The summed E-state index contributed by atoms with van der Waals surface area (Å²) in [6.45, 7) is -0.872. The molecule has 0 spiro atoms. The first-order valence-corrected chi connectivity index (χ1v) is 11.7. The highest BCUT2D eigenvalue weighted by Gasteiger charge is 2.21. The van der Waals surface area contributed by atoms with E-state index in [9.17, 15) is 22.4 Å². The van der Waals surface area contributed by atoms with Crippen LogP contribution in [0, 0.1) is 5.82 Å². The molecule has 0 fully saturated rings. The van der Waals surface area contributed by atoms with Crippen molar-refractivity contribution in [3.63, 3.8) is 0 Å². The number of sulfonamides is 1. The number of esters is 1. The lowest BCUT2D eigenvalue weighted by molar-refractivity contribution is -0.150. The first-order chi connectivity index (χ1) is 16.8. The van der Waals surface area contributed by atoms with E-state index in [1.54, 1.807) is 24.3 Å². The molecule has 0 unspecified atom stereocenters. The van der Waals surface area contributed by atoms with Crippen LogP contribution in [0.25, 0.3) is 10.9 Å². The monoisotopic (exact) mass is 498 g/mol. The number of nitrogens with zero attached hydrogens (tertiary/aromatic N) is 4. The Bertz CT molecular complexity index is 1520. The molecule has 0 aliphatic rings. The first kappa shape index (κ1) is 23.8. The van der Waals surface area contributed by atoms with E-state index in [0.717, 1.165) is 21.1 Å². The van der Waals surface area contributed by atoms with Crippen molar-refractivity contribution in [3.05, 3.63) is 89.0 Å². The smallest absolute Gasteiger partial charge is 0.345 e. The minimum Gasteiger partial charge on any atom is -0.482 e. The standard InChI is InChI=1S/C23H19FN4O6S/c1-27(35(31,32)19-12-6-16(24)7-13-19)17-8-10-18(11-9-17)33-14-22(29)34-15-28-23(30)20-4-2-3-5-21(20)25-26-28/h2-13H,14-15H2,1H3. The van der Waals surface area contributed by atoms with Crippen LogP contribution in [0.3, 0.4) is 0 Å². The number of anilines is 1. The molecule has 10 nitrogen and oxygen atoms in total. The van der Waals surface area contributed by atoms with E-state index in [0.29, 0.717) is 22.3 Å². The van der Waals surface area contributed by atoms with E-state index in [2.05, 4.69) is 10.3 Å². The van der Waals surface area contributed by atoms with Gasteiger partial charge in [0.1, 0.15) is 17.1 Å². The fourth-order valence-corrected chi connectivity index (χ4v) is 4.28. The molecule has 0 bridgehead atoms. The lowest BCUT2D eigenvalue weighted by Crippen LogP contribution is -2.27. The normalized spacial score (nSPS) is 11.3. The minimum absolute atomic E-state index is 0.0559. The number of hydrogen-bond donors (Lipinski definition) is 0. The van der Waals surface area contributed by atoms with E-state index in [-0.39, 0.29) is 4.90 Å². The SMILES string of the molecule is CN(c1ccc(OCC(=O)OCn2nnc3ccccc3c2=O)cc1)S(=O)(=O)c1ccc(F)cc1. The fraction of sp³-hybridized carbons (Fsp3) is 0.130. The van der Waals surface area contributed by atoms with Crippen molar-refractivity contribution in [1.29, 1.82) is 0 Å². The van der Waals surface area contributed by atoms with Crippen LogP contribution in [0.2, 0.25) is 0 Å². The fourth-order valence-electron chi connectivity index (χ4n) is 3.08. The highest BCUT2D eigenvalue weighted by molar-refractivity contribution is 7.92. The third-order valence-electron chi connectivity index (χ3n) is 5.01. The van der Waals surface area contributed by atoms with Crippen molar-refractivity contribution in [1.82, 2.24) is 15.0 Å². The van der Waals surface area contributed by atoms with E-state index in [4.69, 9.17) is 9.47 Å². The van der Waals surface area contributed by atoms with E-state index >= 15 is 0 Å². The topological polar surface area (TPSA) is 121 Å². The lowest BCUT2D eigenvalue weighted by Gasteiger charge is -2.19. The quantitative estimate of drug-likeness (QED) is 0.340. The molecule has 3 aromatic carbocycles. The van der Waals surface area contributed by atoms with Gasteiger partial charge in [-0.2, -0.15) is 4.68 Å². The summed E-state index contributed by atoms with van der Waals surface area (Å²) in [6, 6.07) is 17.1. The molecule has 4 rings (SSSR count). The third-order valence-corrected chi connectivity index (χ3v) is 6.81. The summed E-state index contributed by atoms with van der Waals surface area (Å²) in [5.74, 6) is -0.989. The molecule has 180 valence electrons. The Hall–Kier alpha value is -4.32. The van der Waals surface area contributed by atoms with Crippen LogP contribution in [0.15, 0.2) is 82.5 Å². The second kappa shape index (κ2) is 9.89. The average molecular weight is 498 g/mol. The maximum Gasteiger partial charge on any atom is 0.345 e. The number of ether oxygens (including phenoxy) is 2. The number of fused-ring (bicyclic) bond motifs is 1. The van der Waals surface area contributed by atoms with Crippen molar-refractivity contribution in [2.24, 2.45) is 0 Å². The molecule has 0 atom stereocenters.